The fraction of sp³-hybridized carbons (Fsp3) is 0.188. The number of hydrogen-bond acceptors (Lipinski definition) is 3. The van der Waals surface area contributed by atoms with Crippen molar-refractivity contribution in [1.29, 1.82) is 0 Å². The van der Waals surface area contributed by atoms with Gasteiger partial charge < -0.3 is 0 Å². The van der Waals surface area contributed by atoms with Crippen molar-refractivity contribution in [1.82, 2.24) is 5.43 Å². The number of carbonyl (C=O) groups is 1. The van der Waals surface area contributed by atoms with E-state index in [9.17, 15) is 4.79 Å². The van der Waals surface area contributed by atoms with Crippen LogP contribution in [0.4, 0.5) is 0 Å². The summed E-state index contributed by atoms with van der Waals surface area (Å²) in [4.78, 5) is 11.9. The molecule has 0 bridgehead atoms. The summed E-state index contributed by atoms with van der Waals surface area (Å²) in [5.41, 5.74) is 3.66. The van der Waals surface area contributed by atoms with Crippen LogP contribution in [-0.4, -0.2) is 5.91 Å². The number of nitrogen functional groups attached to an aromatic ring is 1. The zero-order valence-corrected chi connectivity index (χ0v) is 14.1. The number of halogens is 1. The van der Waals surface area contributed by atoms with Crippen molar-refractivity contribution in [2.24, 2.45) is 5.84 Å². The summed E-state index contributed by atoms with van der Waals surface area (Å²) >= 11 is 9.81. The van der Waals surface area contributed by atoms with E-state index in [4.69, 9.17) is 17.4 Å². The van der Waals surface area contributed by atoms with Gasteiger partial charge in [0.15, 0.2) is 0 Å². The third-order valence-electron chi connectivity index (χ3n) is 2.28. The third-order valence-corrected chi connectivity index (χ3v) is 2.91. The van der Waals surface area contributed by atoms with Crippen molar-refractivity contribution in [3.63, 3.8) is 0 Å². The number of amides is 1. The highest BCUT2D eigenvalue weighted by Crippen LogP contribution is 2.13. The van der Waals surface area contributed by atoms with E-state index in [1.165, 1.54) is 5.56 Å². The Bertz CT molecular complexity index is 523. The Hall–Kier alpha value is -1.49. The fourth-order valence-corrected chi connectivity index (χ4v) is 1.64. The van der Waals surface area contributed by atoms with E-state index in [1.54, 1.807) is 24.3 Å². The van der Waals surface area contributed by atoms with Crippen LogP contribution in [0.5, 0.6) is 0 Å². The highest BCUT2D eigenvalue weighted by Gasteiger charge is 2.05. The molecule has 0 fully saturated rings. The van der Waals surface area contributed by atoms with Crippen LogP contribution in [0.3, 0.4) is 0 Å². The molecule has 0 aliphatic rings. The van der Waals surface area contributed by atoms with Crippen LogP contribution in [0.1, 0.15) is 29.8 Å². The maximum absolute atomic E-state index is 10.9. The summed E-state index contributed by atoms with van der Waals surface area (Å²) < 4.78 is 0. The number of benzene rings is 2. The van der Waals surface area contributed by atoms with Crippen molar-refractivity contribution >= 4 is 30.1 Å². The normalized spacial score (nSPS) is 8.67. The molecule has 21 heavy (non-hydrogen) atoms. The minimum Gasteiger partial charge on any atom is -0.290 e. The monoisotopic (exact) mass is 324 g/mol. The van der Waals surface area contributed by atoms with Gasteiger partial charge in [-0.2, -0.15) is 0 Å². The molecule has 0 saturated heterocycles. The highest BCUT2D eigenvalue weighted by atomic mass is 35.5. The van der Waals surface area contributed by atoms with Gasteiger partial charge in [-0.25, -0.2) is 5.84 Å². The van der Waals surface area contributed by atoms with Gasteiger partial charge in [0.2, 0.25) is 0 Å². The maximum atomic E-state index is 10.9. The molecule has 3 N–H and O–H groups in total. The van der Waals surface area contributed by atoms with E-state index in [0.29, 0.717) is 10.6 Å². The molecular weight excluding hydrogens is 304 g/mol. The summed E-state index contributed by atoms with van der Waals surface area (Å²) in [6.45, 7) is 6.06. The lowest BCUT2D eigenvalue weighted by molar-refractivity contribution is 0.0954. The number of thiol groups is 1. The first-order valence-electron chi connectivity index (χ1n) is 6.55. The molecule has 0 aliphatic heterocycles. The Morgan fingerprint density at radius 1 is 1.10 bits per heavy atom. The minimum absolute atomic E-state index is 0.379. The zero-order valence-electron chi connectivity index (χ0n) is 12.4. The zero-order chi connectivity index (χ0) is 16.3. The second-order valence-electron chi connectivity index (χ2n) is 3.79. The fourth-order valence-electron chi connectivity index (χ4n) is 1.27. The number of rotatable bonds is 1. The summed E-state index contributed by atoms with van der Waals surface area (Å²) in [7, 11) is 0. The number of nitrogens with two attached hydrogens (primary N) is 1. The summed E-state index contributed by atoms with van der Waals surface area (Å²) in [5.74, 6) is 4.54. The lowest BCUT2D eigenvalue weighted by Gasteiger charge is -1.99. The predicted molar refractivity (Wildman–Crippen MR) is 92.9 cm³/mol. The first kappa shape index (κ1) is 19.5. The van der Waals surface area contributed by atoms with Crippen molar-refractivity contribution in [2.45, 2.75) is 25.7 Å². The lowest BCUT2D eigenvalue weighted by Crippen LogP contribution is -2.30. The van der Waals surface area contributed by atoms with E-state index in [0.717, 1.165) is 4.90 Å². The average Bonchev–Trinajstić information content (AvgIpc) is 2.52. The van der Waals surface area contributed by atoms with Crippen molar-refractivity contribution in [3.8, 4) is 0 Å². The Balaban J connectivity index is 0.000000354. The molecule has 0 aromatic heterocycles. The van der Waals surface area contributed by atoms with E-state index >= 15 is 0 Å². The topological polar surface area (TPSA) is 55.1 Å². The molecule has 0 unspecified atom stereocenters. The number of nitrogens with one attached hydrogen (secondary N) is 1. The first-order valence-corrected chi connectivity index (χ1v) is 7.38. The second kappa shape index (κ2) is 11.2. The second-order valence-corrected chi connectivity index (χ2v) is 4.71. The van der Waals surface area contributed by atoms with Crippen LogP contribution in [0, 0.1) is 6.92 Å². The molecule has 2 aromatic rings. The van der Waals surface area contributed by atoms with Crippen LogP contribution in [-0.2, 0) is 0 Å². The van der Waals surface area contributed by atoms with Gasteiger partial charge in [0.05, 0.1) is 10.6 Å². The Kier molecular flexibility index (Phi) is 10.4. The van der Waals surface area contributed by atoms with Crippen molar-refractivity contribution in [2.75, 3.05) is 0 Å². The van der Waals surface area contributed by atoms with E-state index < -0.39 is 0 Å². The standard InChI is InChI=1S/C7H7ClN2O.C7H8S.C2H6/c8-6-4-2-1-3-5(6)7(11)10-9;1-6-2-4-7(8)5-3-6;1-2/h1-4H,9H2,(H,10,11);2-5,8H,1H3;1-2H3. The van der Waals surface area contributed by atoms with E-state index in [-0.39, 0.29) is 5.91 Å². The van der Waals surface area contributed by atoms with E-state index in [2.05, 4.69) is 19.6 Å². The van der Waals surface area contributed by atoms with Crippen LogP contribution >= 0.6 is 24.2 Å². The molecular formula is C16H21ClN2OS. The molecule has 1 amide bonds. The van der Waals surface area contributed by atoms with Crippen LogP contribution in [0.25, 0.3) is 0 Å². The van der Waals surface area contributed by atoms with Gasteiger partial charge in [-0.1, -0.05) is 55.3 Å². The van der Waals surface area contributed by atoms with Gasteiger partial charge in [-0.05, 0) is 31.2 Å². The Labute approximate surface area is 136 Å². The van der Waals surface area contributed by atoms with E-state index in [1.807, 2.05) is 43.5 Å². The molecule has 2 aromatic carbocycles. The third kappa shape index (κ3) is 7.75. The van der Waals surface area contributed by atoms with Crippen LogP contribution in [0.2, 0.25) is 5.02 Å². The van der Waals surface area contributed by atoms with Gasteiger partial charge in [0.1, 0.15) is 0 Å². The summed E-state index contributed by atoms with van der Waals surface area (Å²) in [6, 6.07) is 14.8. The van der Waals surface area contributed by atoms with Gasteiger partial charge >= 0.3 is 0 Å². The quantitative estimate of drug-likeness (QED) is 0.318. The Morgan fingerprint density at radius 3 is 2.05 bits per heavy atom. The number of hydrogen-bond donors (Lipinski definition) is 3. The summed E-state index contributed by atoms with van der Waals surface area (Å²) in [5, 5.41) is 0.399. The SMILES string of the molecule is CC.Cc1ccc(S)cc1.NNC(=O)c1ccccc1Cl. The molecule has 0 spiro atoms. The highest BCUT2D eigenvalue weighted by molar-refractivity contribution is 7.80. The number of aryl methyl sites for hydroxylation is 1. The van der Waals surface area contributed by atoms with Crippen LogP contribution in [0.15, 0.2) is 53.4 Å². The molecule has 5 heteroatoms. The molecule has 0 radical (unpaired) electrons. The molecule has 0 saturated carbocycles. The van der Waals surface area contributed by atoms with Crippen molar-refractivity contribution in [3.05, 3.63) is 64.7 Å². The molecule has 114 valence electrons. The minimum atomic E-state index is -0.379. The maximum Gasteiger partial charge on any atom is 0.266 e. The van der Waals surface area contributed by atoms with Gasteiger partial charge in [-0.15, -0.1) is 12.6 Å². The van der Waals surface area contributed by atoms with Gasteiger partial charge in [0, 0.05) is 4.90 Å². The number of carbonyl (C=O) groups excluding carboxylic acids is 1. The van der Waals surface area contributed by atoms with Crippen LogP contribution < -0.4 is 11.3 Å². The number of hydrazine groups is 1. The lowest BCUT2D eigenvalue weighted by atomic mass is 10.2. The Morgan fingerprint density at radius 2 is 1.62 bits per heavy atom. The van der Waals surface area contributed by atoms with Gasteiger partial charge in [-0.3, -0.25) is 10.2 Å². The van der Waals surface area contributed by atoms with Crippen molar-refractivity contribution < 1.29 is 4.79 Å². The molecule has 3 nitrogen and oxygen atoms in total. The van der Waals surface area contributed by atoms with Gasteiger partial charge in [0.25, 0.3) is 5.91 Å². The first-order chi connectivity index (χ1) is 10.0. The smallest absolute Gasteiger partial charge is 0.266 e. The molecule has 0 aliphatic carbocycles. The average molecular weight is 325 g/mol. The predicted octanol–water partition coefficient (Wildman–Crippen LogP) is 4.25. The summed E-state index contributed by atoms with van der Waals surface area (Å²) in [6.07, 6.45) is 0. The molecule has 2 rings (SSSR count). The molecule has 0 atom stereocenters. The molecule has 0 heterocycles. The largest absolute Gasteiger partial charge is 0.290 e.